The van der Waals surface area contributed by atoms with E-state index in [1.165, 1.54) is 0 Å². The van der Waals surface area contributed by atoms with Gasteiger partial charge in [-0.3, -0.25) is 4.72 Å². The number of anilines is 1. The predicted molar refractivity (Wildman–Crippen MR) is 159 cm³/mol. The third-order valence-corrected chi connectivity index (χ3v) is 7.32. The van der Waals surface area contributed by atoms with Crippen molar-refractivity contribution in [1.29, 1.82) is 0 Å². The fraction of sp³-hybridized carbons (Fsp3) is 0.300. The number of carbonyl (C=O) groups excluding carboxylic acids is 1. The van der Waals surface area contributed by atoms with Crippen LogP contribution in [-0.2, 0) is 27.7 Å². The molecule has 3 aromatic carbocycles. The second-order valence-corrected chi connectivity index (χ2v) is 12.1. The summed E-state index contributed by atoms with van der Waals surface area (Å²) in [5.41, 5.74) is 4.57. The van der Waals surface area contributed by atoms with E-state index in [-0.39, 0.29) is 12.6 Å². The van der Waals surface area contributed by atoms with E-state index in [9.17, 15) is 18.3 Å². The van der Waals surface area contributed by atoms with Gasteiger partial charge in [-0.25, -0.2) is 13.2 Å². The molecule has 0 aliphatic carbocycles. The summed E-state index contributed by atoms with van der Waals surface area (Å²) in [6, 6.07) is 22.3. The number of hydrogen-bond acceptors (Lipinski definition) is 6. The van der Waals surface area contributed by atoms with E-state index in [0.29, 0.717) is 29.5 Å². The average Bonchev–Trinajstić information content (AvgIpc) is 3.25. The smallest absolute Gasteiger partial charge is 0.354 e. The number of ether oxygens (including phenoxy) is 1. The molecule has 8 nitrogen and oxygen atoms in total. The zero-order valence-electron chi connectivity index (χ0n) is 22.7. The first-order chi connectivity index (χ1) is 19.0. The highest BCUT2D eigenvalue weighted by molar-refractivity contribution is 7.92. The minimum atomic E-state index is -3.37. The lowest BCUT2D eigenvalue weighted by atomic mass is 10.0. The summed E-state index contributed by atoms with van der Waals surface area (Å²) in [6.07, 6.45) is 1.17. The van der Waals surface area contributed by atoms with E-state index >= 15 is 0 Å². The molecule has 3 N–H and O–H groups in total. The van der Waals surface area contributed by atoms with Gasteiger partial charge in [-0.15, -0.1) is 0 Å². The van der Waals surface area contributed by atoms with Crippen molar-refractivity contribution in [3.8, 4) is 0 Å². The van der Waals surface area contributed by atoms with Gasteiger partial charge in [-0.1, -0.05) is 41.9 Å². The van der Waals surface area contributed by atoms with Crippen molar-refractivity contribution in [3.05, 3.63) is 100 Å². The number of carbonyl (C=O) groups is 1. The molecule has 0 aliphatic rings. The number of aliphatic hydroxyl groups excluding tert-OH is 1. The topological polar surface area (TPSA) is 110 Å². The van der Waals surface area contributed by atoms with Crippen molar-refractivity contribution in [2.45, 2.75) is 39.0 Å². The number of sulfonamides is 1. The second-order valence-electron chi connectivity index (χ2n) is 9.88. The Morgan fingerprint density at radius 2 is 1.77 bits per heavy atom. The van der Waals surface area contributed by atoms with Crippen LogP contribution in [0, 0.1) is 0 Å². The Balaban J connectivity index is 1.51. The van der Waals surface area contributed by atoms with E-state index < -0.39 is 22.1 Å². The monoisotopic (exact) mass is 583 g/mol. The second kappa shape index (κ2) is 12.9. The van der Waals surface area contributed by atoms with Gasteiger partial charge in [0.1, 0.15) is 5.69 Å². The Bertz CT molecular complexity index is 1580. The number of nitrogens with zero attached hydrogens (tertiary/aromatic N) is 1. The lowest BCUT2D eigenvalue weighted by molar-refractivity contribution is 0.0515. The summed E-state index contributed by atoms with van der Waals surface area (Å²) in [5, 5.41) is 15.4. The maximum absolute atomic E-state index is 12.8. The summed E-state index contributed by atoms with van der Waals surface area (Å²) in [4.78, 5) is 12.8. The Morgan fingerprint density at radius 1 is 1.05 bits per heavy atom. The molecule has 0 saturated carbocycles. The molecule has 10 heteroatoms. The van der Waals surface area contributed by atoms with E-state index in [0.717, 1.165) is 40.3 Å². The molecule has 0 bridgehead atoms. The summed E-state index contributed by atoms with van der Waals surface area (Å²) in [7, 11) is -3.37. The predicted octanol–water partition coefficient (Wildman–Crippen LogP) is 5.15. The molecule has 0 radical (unpaired) electrons. The van der Waals surface area contributed by atoms with E-state index in [1.54, 1.807) is 31.2 Å². The molecule has 0 amide bonds. The number of aromatic nitrogens is 1. The van der Waals surface area contributed by atoms with Gasteiger partial charge in [0.15, 0.2) is 0 Å². The van der Waals surface area contributed by atoms with Gasteiger partial charge in [0, 0.05) is 40.7 Å². The molecule has 40 heavy (non-hydrogen) atoms. The SMILES string of the molecule is CCOC(=O)c1cc2cc(CC(C)NC[C@H](O)c3cccc(Cl)c3)ccc2n1Cc1ccc(NS(C)(=O)=O)cc1. The third kappa shape index (κ3) is 7.85. The van der Waals surface area contributed by atoms with Crippen LogP contribution in [0.25, 0.3) is 10.9 Å². The maximum Gasteiger partial charge on any atom is 0.354 e. The highest BCUT2D eigenvalue weighted by Crippen LogP contribution is 2.25. The van der Waals surface area contributed by atoms with Crippen LogP contribution in [0.2, 0.25) is 5.02 Å². The average molecular weight is 584 g/mol. The van der Waals surface area contributed by atoms with Crippen LogP contribution in [0.15, 0.2) is 72.8 Å². The van der Waals surface area contributed by atoms with Crippen LogP contribution in [0.4, 0.5) is 5.69 Å². The summed E-state index contributed by atoms with van der Waals surface area (Å²) < 4.78 is 32.7. The van der Waals surface area contributed by atoms with E-state index in [4.69, 9.17) is 16.3 Å². The normalized spacial score (nSPS) is 13.2. The molecule has 0 aliphatic heterocycles. The van der Waals surface area contributed by atoms with Crippen LogP contribution in [-0.4, -0.2) is 49.5 Å². The first kappa shape index (κ1) is 29.6. The zero-order chi connectivity index (χ0) is 28.9. The number of nitrogens with one attached hydrogen (secondary N) is 2. The molecule has 4 aromatic rings. The summed E-state index contributed by atoms with van der Waals surface area (Å²) in [6.45, 7) is 4.91. The number of aliphatic hydroxyl groups is 1. The highest BCUT2D eigenvalue weighted by Gasteiger charge is 2.18. The zero-order valence-corrected chi connectivity index (χ0v) is 24.3. The summed E-state index contributed by atoms with van der Waals surface area (Å²) in [5.74, 6) is -0.402. The number of benzene rings is 3. The highest BCUT2D eigenvalue weighted by atomic mass is 35.5. The quantitative estimate of drug-likeness (QED) is 0.199. The molecule has 0 saturated heterocycles. The fourth-order valence-corrected chi connectivity index (χ4v) is 5.40. The van der Waals surface area contributed by atoms with Crippen molar-refractivity contribution in [2.75, 3.05) is 24.1 Å². The molecule has 1 unspecified atom stereocenters. The maximum atomic E-state index is 12.8. The van der Waals surface area contributed by atoms with Gasteiger partial charge < -0.3 is 19.7 Å². The number of rotatable bonds is 12. The molecular weight excluding hydrogens is 550 g/mol. The van der Waals surface area contributed by atoms with E-state index in [1.807, 2.05) is 47.0 Å². The minimum Gasteiger partial charge on any atom is -0.461 e. The molecule has 0 fully saturated rings. The van der Waals surface area contributed by atoms with Crippen molar-refractivity contribution in [2.24, 2.45) is 0 Å². The Hall–Kier alpha value is -3.37. The molecule has 2 atom stereocenters. The van der Waals surface area contributed by atoms with Crippen LogP contribution >= 0.6 is 11.6 Å². The molecule has 0 spiro atoms. The van der Waals surface area contributed by atoms with Crippen molar-refractivity contribution < 1.29 is 23.1 Å². The van der Waals surface area contributed by atoms with Gasteiger partial charge >= 0.3 is 5.97 Å². The standard InChI is InChI=1S/C30H34ClN3O5S/c1-4-39-30(36)28-17-24-15-22(14-20(2)32-18-29(35)23-6-5-7-25(31)16-23)10-13-27(24)34(28)19-21-8-11-26(12-9-21)33-40(3,37)38/h5-13,15-17,20,29,32-33,35H,4,14,18-19H2,1-3H3/t20?,29-/m0/s1. The lowest BCUT2D eigenvalue weighted by Gasteiger charge is -2.18. The van der Waals surface area contributed by atoms with Crippen LogP contribution < -0.4 is 10.0 Å². The minimum absolute atomic E-state index is 0.0944. The third-order valence-electron chi connectivity index (χ3n) is 6.48. The van der Waals surface area contributed by atoms with Gasteiger partial charge in [0.25, 0.3) is 0 Å². The Morgan fingerprint density at radius 3 is 2.45 bits per heavy atom. The van der Waals surface area contributed by atoms with Crippen LogP contribution in [0.5, 0.6) is 0 Å². The van der Waals surface area contributed by atoms with Crippen LogP contribution in [0.3, 0.4) is 0 Å². The Labute approximate surface area is 240 Å². The first-order valence-electron chi connectivity index (χ1n) is 13.1. The van der Waals surface area contributed by atoms with Gasteiger partial charge in [-0.05, 0) is 79.4 Å². The number of esters is 1. The van der Waals surface area contributed by atoms with Crippen molar-refractivity contribution in [1.82, 2.24) is 9.88 Å². The number of halogens is 1. The van der Waals surface area contributed by atoms with Crippen molar-refractivity contribution in [3.63, 3.8) is 0 Å². The Kier molecular flexibility index (Phi) is 9.52. The molecule has 4 rings (SSSR count). The molecule has 212 valence electrons. The largest absolute Gasteiger partial charge is 0.461 e. The number of hydrogen-bond donors (Lipinski definition) is 3. The fourth-order valence-electron chi connectivity index (χ4n) is 4.64. The molecule has 1 heterocycles. The van der Waals surface area contributed by atoms with Crippen LogP contribution in [0.1, 0.15) is 47.1 Å². The molecule has 1 aromatic heterocycles. The van der Waals surface area contributed by atoms with Gasteiger partial charge in [0.05, 0.1) is 19.0 Å². The molecular formula is C30H34ClN3O5S. The summed E-state index contributed by atoms with van der Waals surface area (Å²) >= 11 is 6.04. The number of fused-ring (bicyclic) bond motifs is 1. The first-order valence-corrected chi connectivity index (χ1v) is 15.3. The van der Waals surface area contributed by atoms with Gasteiger partial charge in [0.2, 0.25) is 10.0 Å². The van der Waals surface area contributed by atoms with Crippen molar-refractivity contribution >= 4 is 44.2 Å². The van der Waals surface area contributed by atoms with E-state index in [2.05, 4.69) is 23.0 Å². The lowest BCUT2D eigenvalue weighted by Crippen LogP contribution is -2.32. The van der Waals surface area contributed by atoms with Gasteiger partial charge in [-0.2, -0.15) is 0 Å².